The summed E-state index contributed by atoms with van der Waals surface area (Å²) >= 11 is 0. The van der Waals surface area contributed by atoms with Crippen LogP contribution < -0.4 is 10.5 Å². The van der Waals surface area contributed by atoms with E-state index in [2.05, 4.69) is 20.6 Å². The van der Waals surface area contributed by atoms with Gasteiger partial charge in [-0.3, -0.25) is 24.4 Å². The number of terminal acetylenes is 1. The summed E-state index contributed by atoms with van der Waals surface area (Å²) in [5.41, 5.74) is 0.222. The number of hydrogen-bond acceptors (Lipinski definition) is 6. The van der Waals surface area contributed by atoms with Crippen LogP contribution in [0.1, 0.15) is 18.5 Å². The van der Waals surface area contributed by atoms with E-state index in [4.69, 9.17) is 13.0 Å². The third kappa shape index (κ3) is 4.07. The molecule has 0 N–H and O–H groups in total. The molecule has 1 unspecified atom stereocenters. The molecule has 1 saturated heterocycles. The van der Waals surface area contributed by atoms with Crippen LogP contribution in [0.25, 0.3) is 15.9 Å². The van der Waals surface area contributed by atoms with Crippen molar-refractivity contribution in [3.8, 4) is 12.3 Å². The second-order valence-electron chi connectivity index (χ2n) is 7.95. The number of hydrogen-bond donors (Lipinski definition) is 0. The van der Waals surface area contributed by atoms with Crippen molar-refractivity contribution in [3.63, 3.8) is 0 Å². The molecule has 0 saturated carbocycles. The Hall–Kier alpha value is -4.28. The molecular formula is C24H21FN6O3. The summed E-state index contributed by atoms with van der Waals surface area (Å²) in [5, 5.41) is 12.0. The van der Waals surface area contributed by atoms with Crippen LogP contribution in [0.15, 0.2) is 41.2 Å². The Bertz CT molecular complexity index is 1400. The summed E-state index contributed by atoms with van der Waals surface area (Å²) in [7, 11) is 0. The minimum atomic E-state index is -0.801. The van der Waals surface area contributed by atoms with Gasteiger partial charge in [0.15, 0.2) is 5.69 Å². The van der Waals surface area contributed by atoms with Gasteiger partial charge < -0.3 is 9.74 Å². The van der Waals surface area contributed by atoms with E-state index < -0.39 is 16.2 Å². The van der Waals surface area contributed by atoms with Gasteiger partial charge in [-0.15, -0.1) is 11.4 Å². The van der Waals surface area contributed by atoms with E-state index in [0.717, 1.165) is 10.1 Å². The lowest BCUT2D eigenvalue weighted by atomic mass is 10.1. The fraction of sp³-hybridized carbons (Fsp3) is 0.292. The van der Waals surface area contributed by atoms with Crippen molar-refractivity contribution < 1.29 is 9.31 Å². The smallest absolute Gasteiger partial charge is 0.361 e. The van der Waals surface area contributed by atoms with Crippen molar-refractivity contribution in [1.82, 2.24) is 14.5 Å². The maximum atomic E-state index is 13.3. The second kappa shape index (κ2) is 9.30. The van der Waals surface area contributed by atoms with Gasteiger partial charge >= 0.3 is 11.2 Å². The van der Waals surface area contributed by atoms with Crippen LogP contribution in [0.5, 0.6) is 0 Å². The highest BCUT2D eigenvalue weighted by Crippen LogP contribution is 2.35. The molecule has 3 aromatic rings. The molecule has 172 valence electrons. The number of aromatic nitrogens is 2. The molecule has 1 fully saturated rings. The van der Waals surface area contributed by atoms with Crippen molar-refractivity contribution in [1.29, 1.82) is 0 Å². The largest absolute Gasteiger partial charge is 0.361 e. The first-order valence-electron chi connectivity index (χ1n) is 10.6. The van der Waals surface area contributed by atoms with Gasteiger partial charge in [-0.1, -0.05) is 24.6 Å². The topological polar surface area (TPSA) is 88.9 Å². The van der Waals surface area contributed by atoms with Crippen LogP contribution in [0.4, 0.5) is 21.6 Å². The predicted molar refractivity (Wildman–Crippen MR) is 126 cm³/mol. The van der Waals surface area contributed by atoms with Crippen molar-refractivity contribution in [2.75, 3.05) is 31.1 Å². The SMILES string of the molecule is [C-]#[N+]c1ccc2c(n1)c(N1CCN(C(C)c3ccc(F)cc3)CC1)c([N+](=O)[O-])c(=O)n2CC#C. The summed E-state index contributed by atoms with van der Waals surface area (Å²) in [6, 6.07) is 9.35. The summed E-state index contributed by atoms with van der Waals surface area (Å²) in [6.07, 6.45) is 5.40. The van der Waals surface area contributed by atoms with Crippen LogP contribution in [0.2, 0.25) is 0 Å². The fourth-order valence-electron chi connectivity index (χ4n) is 4.34. The first-order chi connectivity index (χ1) is 16.3. The molecule has 0 amide bonds. The third-order valence-electron chi connectivity index (χ3n) is 6.12. The number of nitrogens with zero attached hydrogens (tertiary/aromatic N) is 6. The zero-order valence-electron chi connectivity index (χ0n) is 18.4. The molecule has 4 rings (SSSR count). The Morgan fingerprint density at radius 1 is 1.24 bits per heavy atom. The van der Waals surface area contributed by atoms with Gasteiger partial charge in [-0.25, -0.2) is 4.39 Å². The molecule has 1 aromatic carbocycles. The second-order valence-corrected chi connectivity index (χ2v) is 7.95. The molecular weight excluding hydrogens is 439 g/mol. The summed E-state index contributed by atoms with van der Waals surface area (Å²) in [5.74, 6) is 2.12. The molecule has 0 aliphatic carbocycles. The van der Waals surface area contributed by atoms with E-state index in [9.17, 15) is 19.3 Å². The molecule has 3 heterocycles. The quantitative estimate of drug-likeness (QED) is 0.251. The maximum Gasteiger partial charge on any atom is 0.361 e. The van der Waals surface area contributed by atoms with E-state index in [1.807, 2.05) is 6.92 Å². The van der Waals surface area contributed by atoms with Crippen molar-refractivity contribution >= 4 is 28.2 Å². The summed E-state index contributed by atoms with van der Waals surface area (Å²) in [6.45, 7) is 11.1. The molecule has 1 atom stereocenters. The highest BCUT2D eigenvalue weighted by atomic mass is 19.1. The van der Waals surface area contributed by atoms with E-state index in [-0.39, 0.29) is 35.4 Å². The number of halogens is 1. The Labute approximate surface area is 195 Å². The molecule has 0 spiro atoms. The standard InChI is InChI=1S/C24H21FN6O3/c1-4-11-30-19-9-10-20(26-3)27-21(19)22(23(24(30)32)31(33)34)29-14-12-28(13-15-29)16(2)17-5-7-18(25)8-6-17/h1,5-10,16H,11-15H2,2H3. The van der Waals surface area contributed by atoms with Gasteiger partial charge in [0.05, 0.1) is 17.0 Å². The molecule has 10 heteroatoms. The van der Waals surface area contributed by atoms with Crippen LogP contribution in [0.3, 0.4) is 0 Å². The van der Waals surface area contributed by atoms with Crippen LogP contribution >= 0.6 is 0 Å². The zero-order chi connectivity index (χ0) is 24.4. The zero-order valence-corrected chi connectivity index (χ0v) is 18.4. The van der Waals surface area contributed by atoms with E-state index >= 15 is 0 Å². The number of fused-ring (bicyclic) bond motifs is 1. The number of rotatable bonds is 5. The third-order valence-corrected chi connectivity index (χ3v) is 6.12. The molecule has 0 radical (unpaired) electrons. The molecule has 1 aliphatic heterocycles. The lowest BCUT2D eigenvalue weighted by molar-refractivity contribution is -0.385. The molecule has 9 nitrogen and oxygen atoms in total. The first kappa shape index (κ1) is 22.9. The van der Waals surface area contributed by atoms with Gasteiger partial charge in [-0.2, -0.15) is 0 Å². The lowest BCUT2D eigenvalue weighted by Crippen LogP contribution is -2.48. The Morgan fingerprint density at radius 2 is 1.91 bits per heavy atom. The normalized spacial score (nSPS) is 15.0. The van der Waals surface area contributed by atoms with Gasteiger partial charge in [0.25, 0.3) is 5.82 Å². The average molecular weight is 460 g/mol. The minimum absolute atomic E-state index is 0.0185. The van der Waals surface area contributed by atoms with Crippen LogP contribution in [-0.4, -0.2) is 45.6 Å². The molecule has 0 bridgehead atoms. The van der Waals surface area contributed by atoms with Crippen LogP contribution in [-0.2, 0) is 6.54 Å². The number of anilines is 1. The van der Waals surface area contributed by atoms with Gasteiger partial charge in [-0.05, 0) is 36.8 Å². The van der Waals surface area contributed by atoms with Gasteiger partial charge in [0.2, 0.25) is 5.52 Å². The predicted octanol–water partition coefficient (Wildman–Crippen LogP) is 3.51. The number of benzene rings is 1. The highest BCUT2D eigenvalue weighted by molar-refractivity contribution is 5.94. The van der Waals surface area contributed by atoms with E-state index in [1.54, 1.807) is 23.1 Å². The summed E-state index contributed by atoms with van der Waals surface area (Å²) < 4.78 is 14.4. The monoisotopic (exact) mass is 460 g/mol. The lowest BCUT2D eigenvalue weighted by Gasteiger charge is -2.38. The molecule has 2 aromatic heterocycles. The van der Waals surface area contributed by atoms with Crippen LogP contribution in [0, 0.1) is 34.8 Å². The summed E-state index contributed by atoms with van der Waals surface area (Å²) in [4.78, 5) is 36.0. The Kier molecular flexibility index (Phi) is 6.26. The molecule has 1 aliphatic rings. The average Bonchev–Trinajstić information content (AvgIpc) is 2.85. The minimum Gasteiger partial charge on any atom is -0.361 e. The first-order valence-corrected chi connectivity index (χ1v) is 10.6. The maximum absolute atomic E-state index is 13.3. The van der Waals surface area contributed by atoms with Crippen molar-refractivity contribution in [2.45, 2.75) is 19.5 Å². The van der Waals surface area contributed by atoms with E-state index in [1.165, 1.54) is 18.2 Å². The number of piperazine rings is 1. The van der Waals surface area contributed by atoms with Crippen molar-refractivity contribution in [2.24, 2.45) is 0 Å². The number of nitro groups is 1. The highest BCUT2D eigenvalue weighted by Gasteiger charge is 2.34. The Morgan fingerprint density at radius 3 is 2.50 bits per heavy atom. The van der Waals surface area contributed by atoms with E-state index in [0.29, 0.717) is 31.7 Å². The van der Waals surface area contributed by atoms with Gasteiger partial charge in [0, 0.05) is 32.2 Å². The fourth-order valence-corrected chi connectivity index (χ4v) is 4.34. The molecule has 34 heavy (non-hydrogen) atoms. The van der Waals surface area contributed by atoms with Crippen molar-refractivity contribution in [3.05, 3.63) is 79.7 Å². The number of pyridine rings is 2. The Balaban J connectivity index is 1.75. The van der Waals surface area contributed by atoms with Gasteiger partial charge in [0.1, 0.15) is 5.82 Å².